The molecule has 0 fully saturated rings. The summed E-state index contributed by atoms with van der Waals surface area (Å²) >= 11 is 7.14. The van der Waals surface area contributed by atoms with Crippen molar-refractivity contribution in [3.05, 3.63) is 75.8 Å². The van der Waals surface area contributed by atoms with Crippen molar-refractivity contribution >= 4 is 44.9 Å². The van der Waals surface area contributed by atoms with Gasteiger partial charge in [0.15, 0.2) is 0 Å². The molecule has 0 radical (unpaired) electrons. The van der Waals surface area contributed by atoms with Gasteiger partial charge in [0.2, 0.25) is 5.91 Å². The normalized spacial score (nSPS) is 10.9. The van der Waals surface area contributed by atoms with Gasteiger partial charge in [-0.05, 0) is 36.7 Å². The van der Waals surface area contributed by atoms with Gasteiger partial charge in [-0.3, -0.25) is 14.2 Å². The lowest BCUT2D eigenvalue weighted by Gasteiger charge is -2.08. The minimum absolute atomic E-state index is 0.162. The highest BCUT2D eigenvalue weighted by Gasteiger charge is 2.16. The maximum absolute atomic E-state index is 12.8. The van der Waals surface area contributed by atoms with Crippen LogP contribution in [0.4, 0.5) is 5.69 Å². The second kappa shape index (κ2) is 7.53. The summed E-state index contributed by atoms with van der Waals surface area (Å²) in [5.41, 5.74) is 3.43. The molecule has 8 heteroatoms. The van der Waals surface area contributed by atoms with Gasteiger partial charge >= 0.3 is 0 Å². The summed E-state index contributed by atoms with van der Waals surface area (Å²) in [6.45, 7) is 1.83. The van der Waals surface area contributed by atoms with E-state index in [4.69, 9.17) is 11.6 Å². The fraction of sp³-hybridized carbons (Fsp3) is 0.100. The first-order valence-electron chi connectivity index (χ1n) is 8.49. The SMILES string of the molecule is Cc1cccc(-c2nsc3c(=O)n(CC(=O)Nc4ccccc4Cl)cnc23)c1. The predicted octanol–water partition coefficient (Wildman–Crippen LogP) is 4.12. The standard InChI is InChI=1S/C20H15ClN4O2S/c1-12-5-4-6-13(9-12)17-18-19(28-24-17)20(27)25(11-22-18)10-16(26)23-15-8-3-2-7-14(15)21/h2-9,11H,10H2,1H3,(H,23,26). The molecule has 0 saturated heterocycles. The van der Waals surface area contributed by atoms with Gasteiger partial charge in [0.05, 0.1) is 17.0 Å². The number of aromatic nitrogens is 3. The Morgan fingerprint density at radius 3 is 2.82 bits per heavy atom. The van der Waals surface area contributed by atoms with Crippen LogP contribution in [-0.4, -0.2) is 19.8 Å². The molecule has 0 spiro atoms. The molecule has 0 unspecified atom stereocenters. The molecule has 2 heterocycles. The zero-order valence-electron chi connectivity index (χ0n) is 14.8. The number of anilines is 1. The van der Waals surface area contributed by atoms with E-state index < -0.39 is 0 Å². The quantitative estimate of drug-likeness (QED) is 0.549. The van der Waals surface area contributed by atoms with Crippen molar-refractivity contribution in [3.63, 3.8) is 0 Å². The summed E-state index contributed by atoms with van der Waals surface area (Å²) < 4.78 is 6.11. The van der Waals surface area contributed by atoms with E-state index in [1.165, 1.54) is 10.9 Å². The number of carbonyl (C=O) groups excluding carboxylic acids is 1. The van der Waals surface area contributed by atoms with Crippen LogP contribution in [0, 0.1) is 6.92 Å². The highest BCUT2D eigenvalue weighted by atomic mass is 35.5. The van der Waals surface area contributed by atoms with E-state index in [1.54, 1.807) is 24.3 Å². The Labute approximate surface area is 169 Å². The Morgan fingerprint density at radius 2 is 2.04 bits per heavy atom. The lowest BCUT2D eigenvalue weighted by Crippen LogP contribution is -2.27. The number of fused-ring (bicyclic) bond motifs is 1. The van der Waals surface area contributed by atoms with E-state index in [0.29, 0.717) is 26.6 Å². The molecular weight excluding hydrogens is 396 g/mol. The highest BCUT2D eigenvalue weighted by Crippen LogP contribution is 2.27. The van der Waals surface area contributed by atoms with Crippen LogP contribution in [0.15, 0.2) is 59.7 Å². The second-order valence-corrected chi connectivity index (χ2v) is 7.46. The molecule has 0 atom stereocenters. The number of amides is 1. The van der Waals surface area contributed by atoms with Crippen LogP contribution >= 0.6 is 23.1 Å². The lowest BCUT2D eigenvalue weighted by atomic mass is 10.1. The van der Waals surface area contributed by atoms with Crippen molar-refractivity contribution < 1.29 is 4.79 Å². The number of aryl methyl sites for hydroxylation is 1. The van der Waals surface area contributed by atoms with E-state index in [9.17, 15) is 9.59 Å². The fourth-order valence-electron chi connectivity index (χ4n) is 2.86. The molecule has 4 aromatic rings. The van der Waals surface area contributed by atoms with Gasteiger partial charge in [-0.25, -0.2) is 4.98 Å². The van der Waals surface area contributed by atoms with E-state index >= 15 is 0 Å². The molecule has 0 saturated carbocycles. The van der Waals surface area contributed by atoms with Gasteiger partial charge in [-0.15, -0.1) is 0 Å². The molecule has 140 valence electrons. The first-order chi connectivity index (χ1) is 13.5. The first-order valence-corrected chi connectivity index (χ1v) is 9.64. The van der Waals surface area contributed by atoms with Crippen LogP contribution in [0.5, 0.6) is 0 Å². The number of nitrogens with zero attached hydrogens (tertiary/aromatic N) is 3. The Balaban J connectivity index is 1.63. The molecule has 1 amide bonds. The third-order valence-electron chi connectivity index (χ3n) is 4.20. The van der Waals surface area contributed by atoms with E-state index in [-0.39, 0.29) is 18.0 Å². The Kier molecular flexibility index (Phi) is 4.93. The van der Waals surface area contributed by atoms with Crippen molar-refractivity contribution in [1.82, 2.24) is 13.9 Å². The van der Waals surface area contributed by atoms with Crippen LogP contribution in [0.2, 0.25) is 5.02 Å². The third-order valence-corrected chi connectivity index (χ3v) is 5.36. The summed E-state index contributed by atoms with van der Waals surface area (Å²) in [7, 11) is 0. The molecule has 0 aliphatic carbocycles. The summed E-state index contributed by atoms with van der Waals surface area (Å²) in [5, 5.41) is 3.13. The molecule has 2 aromatic heterocycles. The molecule has 0 bridgehead atoms. The minimum atomic E-state index is -0.361. The Hall–Kier alpha value is -3.03. The average molecular weight is 411 g/mol. The van der Waals surface area contributed by atoms with Crippen LogP contribution < -0.4 is 10.9 Å². The van der Waals surface area contributed by atoms with Crippen LogP contribution in [0.3, 0.4) is 0 Å². The molecule has 0 aliphatic rings. The minimum Gasteiger partial charge on any atom is -0.323 e. The number of benzene rings is 2. The maximum Gasteiger partial charge on any atom is 0.273 e. The topological polar surface area (TPSA) is 76.9 Å². The highest BCUT2D eigenvalue weighted by molar-refractivity contribution is 7.13. The van der Waals surface area contributed by atoms with Crippen molar-refractivity contribution in [2.24, 2.45) is 0 Å². The number of carbonyl (C=O) groups is 1. The van der Waals surface area contributed by atoms with Crippen LogP contribution in [0.1, 0.15) is 5.56 Å². The number of nitrogens with one attached hydrogen (secondary N) is 1. The zero-order chi connectivity index (χ0) is 19.7. The molecule has 6 nitrogen and oxygen atoms in total. The second-order valence-electron chi connectivity index (χ2n) is 6.28. The predicted molar refractivity (Wildman–Crippen MR) is 112 cm³/mol. The largest absolute Gasteiger partial charge is 0.323 e. The monoisotopic (exact) mass is 410 g/mol. The molecular formula is C20H15ClN4O2S. The molecule has 4 rings (SSSR count). The van der Waals surface area contributed by atoms with Crippen molar-refractivity contribution in [3.8, 4) is 11.3 Å². The summed E-state index contributed by atoms with van der Waals surface area (Å²) in [6, 6.07) is 14.8. The first kappa shape index (κ1) is 18.3. The number of halogens is 1. The van der Waals surface area contributed by atoms with Gasteiger partial charge < -0.3 is 5.32 Å². The van der Waals surface area contributed by atoms with Gasteiger partial charge in [-0.1, -0.05) is 47.5 Å². The summed E-state index contributed by atoms with van der Waals surface area (Å²) in [4.78, 5) is 29.5. The number of hydrogen-bond donors (Lipinski definition) is 1. The molecule has 28 heavy (non-hydrogen) atoms. The zero-order valence-corrected chi connectivity index (χ0v) is 16.4. The van der Waals surface area contributed by atoms with Crippen LogP contribution in [0.25, 0.3) is 21.5 Å². The molecule has 0 aliphatic heterocycles. The average Bonchev–Trinajstić information content (AvgIpc) is 3.11. The number of rotatable bonds is 4. The lowest BCUT2D eigenvalue weighted by molar-refractivity contribution is -0.116. The van der Waals surface area contributed by atoms with E-state index in [2.05, 4.69) is 14.7 Å². The summed E-state index contributed by atoms with van der Waals surface area (Å²) in [5.74, 6) is -0.361. The third kappa shape index (κ3) is 3.54. The van der Waals surface area contributed by atoms with Crippen LogP contribution in [-0.2, 0) is 11.3 Å². The molecule has 1 N–H and O–H groups in total. The van der Waals surface area contributed by atoms with Gasteiger partial charge in [0.1, 0.15) is 22.5 Å². The fourth-order valence-corrected chi connectivity index (χ4v) is 3.85. The van der Waals surface area contributed by atoms with Gasteiger partial charge in [0, 0.05) is 5.56 Å². The van der Waals surface area contributed by atoms with E-state index in [1.807, 2.05) is 31.2 Å². The van der Waals surface area contributed by atoms with Crippen molar-refractivity contribution in [2.45, 2.75) is 13.5 Å². The van der Waals surface area contributed by atoms with E-state index in [0.717, 1.165) is 22.7 Å². The Bertz CT molecular complexity index is 1250. The number of para-hydroxylation sites is 1. The molecule has 2 aromatic carbocycles. The Morgan fingerprint density at radius 1 is 1.21 bits per heavy atom. The summed E-state index contributed by atoms with van der Waals surface area (Å²) in [6.07, 6.45) is 1.38. The van der Waals surface area contributed by atoms with Gasteiger partial charge in [0.25, 0.3) is 5.56 Å². The smallest absolute Gasteiger partial charge is 0.273 e. The number of hydrogen-bond acceptors (Lipinski definition) is 5. The van der Waals surface area contributed by atoms with Gasteiger partial charge in [-0.2, -0.15) is 4.37 Å². The van der Waals surface area contributed by atoms with Crippen molar-refractivity contribution in [1.29, 1.82) is 0 Å². The van der Waals surface area contributed by atoms with Crippen molar-refractivity contribution in [2.75, 3.05) is 5.32 Å². The maximum atomic E-state index is 12.8.